The summed E-state index contributed by atoms with van der Waals surface area (Å²) in [6.45, 7) is 1.81. The van der Waals surface area contributed by atoms with Crippen LogP contribution in [0.5, 0.6) is 0 Å². The van der Waals surface area contributed by atoms with E-state index in [1.807, 2.05) is 6.92 Å². The quantitative estimate of drug-likeness (QED) is 0.425. The van der Waals surface area contributed by atoms with Gasteiger partial charge in [-0.05, 0) is 0 Å². The van der Waals surface area contributed by atoms with Crippen LogP contribution in [0, 0.1) is 0 Å². The van der Waals surface area contributed by atoms with Gasteiger partial charge in [0.15, 0.2) is 5.90 Å². The molecule has 1 heterocycles. The zero-order valence-electron chi connectivity index (χ0n) is 3.92. The van der Waals surface area contributed by atoms with E-state index in [0.717, 1.165) is 0 Å². The first kappa shape index (κ1) is 4.59. The van der Waals surface area contributed by atoms with Gasteiger partial charge in [-0.1, -0.05) is 10.9 Å². The summed E-state index contributed by atoms with van der Waals surface area (Å²) >= 11 is 0. The average molecular weight is 115 g/mol. The molecule has 0 bridgehead atoms. The summed E-state index contributed by atoms with van der Waals surface area (Å²) in [4.78, 5) is 3.83. The second kappa shape index (κ2) is 1.93. The standard InChI is InChI=1S/C4H5NOS/c1-4-5-2-7-3-6-4/h2-3H,1H3. The van der Waals surface area contributed by atoms with Crippen molar-refractivity contribution in [1.82, 2.24) is 0 Å². The molecule has 0 aromatic heterocycles. The molecule has 0 amide bonds. The Kier molecular flexibility index (Phi) is 1.26. The molecule has 3 heteroatoms. The van der Waals surface area contributed by atoms with Crippen LogP contribution in [0.1, 0.15) is 6.92 Å². The number of ether oxygens (including phenoxy) is 1. The molecule has 7 heavy (non-hydrogen) atoms. The molecule has 1 aliphatic rings. The van der Waals surface area contributed by atoms with E-state index in [-0.39, 0.29) is 0 Å². The number of aliphatic imine (C=N–C) groups is 1. The first-order valence-corrected chi connectivity index (χ1v) is 2.84. The normalized spacial score (nSPS) is 17.0. The molecule has 0 aromatic carbocycles. The molecule has 0 radical (unpaired) electrons. The Balaban J connectivity index is 2.77. The molecule has 0 saturated carbocycles. The lowest BCUT2D eigenvalue weighted by molar-refractivity contribution is 0.578. The summed E-state index contributed by atoms with van der Waals surface area (Å²) in [6.07, 6.45) is 0. The van der Waals surface area contributed by atoms with Crippen LogP contribution in [-0.2, 0) is 4.74 Å². The van der Waals surface area contributed by atoms with Crippen molar-refractivity contribution in [2.75, 3.05) is 0 Å². The largest absolute Gasteiger partial charge is 0.440 e. The van der Waals surface area contributed by atoms with E-state index >= 15 is 0 Å². The van der Waals surface area contributed by atoms with Gasteiger partial charge < -0.3 is 4.74 Å². The van der Waals surface area contributed by atoms with Gasteiger partial charge in [-0.2, -0.15) is 0 Å². The third-order valence-corrected chi connectivity index (χ3v) is 1.00. The molecule has 0 N–H and O–H groups in total. The van der Waals surface area contributed by atoms with Crippen molar-refractivity contribution in [3.05, 3.63) is 0 Å². The molecule has 1 aliphatic heterocycles. The van der Waals surface area contributed by atoms with E-state index in [4.69, 9.17) is 4.74 Å². The summed E-state index contributed by atoms with van der Waals surface area (Å²) in [6, 6.07) is 0. The number of rotatable bonds is 0. The molecule has 0 aliphatic carbocycles. The van der Waals surface area contributed by atoms with Crippen molar-refractivity contribution in [3.8, 4) is 0 Å². The summed E-state index contributed by atoms with van der Waals surface area (Å²) in [5, 5.41) is 0. The molecule has 38 valence electrons. The molecule has 0 fully saturated rings. The maximum atomic E-state index is 4.83. The van der Waals surface area contributed by atoms with E-state index in [1.54, 1.807) is 11.0 Å². The highest BCUT2D eigenvalue weighted by Crippen LogP contribution is 1.83. The minimum Gasteiger partial charge on any atom is -0.440 e. The fourth-order valence-corrected chi connectivity index (χ4v) is 0.711. The van der Waals surface area contributed by atoms with Gasteiger partial charge in [0.25, 0.3) is 0 Å². The van der Waals surface area contributed by atoms with E-state index in [2.05, 4.69) is 4.99 Å². The van der Waals surface area contributed by atoms with E-state index in [0.29, 0.717) is 5.90 Å². The second-order valence-corrected chi connectivity index (χ2v) is 1.78. The summed E-state index contributed by atoms with van der Waals surface area (Å²) in [7, 11) is 1.44. The van der Waals surface area contributed by atoms with Gasteiger partial charge >= 0.3 is 0 Å². The highest BCUT2D eigenvalue weighted by Gasteiger charge is 1.84. The summed E-state index contributed by atoms with van der Waals surface area (Å²) in [5.41, 5.74) is 3.38. The lowest BCUT2D eigenvalue weighted by Gasteiger charge is -1.94. The molecule has 0 aromatic rings. The van der Waals surface area contributed by atoms with Crippen LogP contribution in [0.3, 0.4) is 0 Å². The maximum absolute atomic E-state index is 4.83. The van der Waals surface area contributed by atoms with Crippen LogP contribution in [-0.4, -0.2) is 16.9 Å². The fraction of sp³-hybridized carbons (Fsp3) is 0.250. The molecule has 0 atom stereocenters. The van der Waals surface area contributed by atoms with Crippen molar-refractivity contribution in [2.45, 2.75) is 6.92 Å². The highest BCUT2D eigenvalue weighted by molar-refractivity contribution is 7.95. The highest BCUT2D eigenvalue weighted by atomic mass is 32.1. The van der Waals surface area contributed by atoms with Crippen molar-refractivity contribution in [1.29, 1.82) is 0 Å². The van der Waals surface area contributed by atoms with Crippen LogP contribution in [0.2, 0.25) is 0 Å². The lowest BCUT2D eigenvalue weighted by Crippen LogP contribution is -1.97. The molecule has 1 rings (SSSR count). The maximum Gasteiger partial charge on any atom is 0.192 e. The molecule has 0 unspecified atom stereocenters. The Morgan fingerprint density at radius 1 is 1.86 bits per heavy atom. The molecule has 2 nitrogen and oxygen atoms in total. The average Bonchev–Trinajstić information content (AvgIpc) is 1.69. The number of hydrogen-bond donors (Lipinski definition) is 0. The zero-order valence-corrected chi connectivity index (χ0v) is 4.73. The van der Waals surface area contributed by atoms with Gasteiger partial charge in [0.1, 0.15) is 5.55 Å². The third kappa shape index (κ3) is 1.16. The number of hydrogen-bond acceptors (Lipinski definition) is 2. The van der Waals surface area contributed by atoms with E-state index in [9.17, 15) is 0 Å². The van der Waals surface area contributed by atoms with Crippen molar-refractivity contribution < 1.29 is 4.74 Å². The van der Waals surface area contributed by atoms with Gasteiger partial charge in [0, 0.05) is 6.92 Å². The summed E-state index contributed by atoms with van der Waals surface area (Å²) in [5.74, 6) is 0.707. The fourth-order valence-electron chi connectivity index (χ4n) is 0.257. The van der Waals surface area contributed by atoms with Crippen molar-refractivity contribution in [2.24, 2.45) is 4.99 Å². The topological polar surface area (TPSA) is 21.6 Å². The van der Waals surface area contributed by atoms with Crippen LogP contribution in [0.25, 0.3) is 0 Å². The van der Waals surface area contributed by atoms with E-state index in [1.165, 1.54) is 10.9 Å². The minimum atomic E-state index is 0.707. The first-order chi connectivity index (χ1) is 3.39. The monoisotopic (exact) mass is 115 g/mol. The molecule has 0 saturated heterocycles. The Bertz CT molecular complexity index is 155. The first-order valence-electron chi connectivity index (χ1n) is 1.89. The lowest BCUT2D eigenvalue weighted by atomic mass is 10.8. The Labute approximate surface area is 45.4 Å². The van der Waals surface area contributed by atoms with E-state index < -0.39 is 0 Å². The van der Waals surface area contributed by atoms with Gasteiger partial charge in [0.2, 0.25) is 0 Å². The van der Waals surface area contributed by atoms with Crippen LogP contribution in [0.4, 0.5) is 0 Å². The zero-order chi connectivity index (χ0) is 5.11. The number of nitrogens with zero attached hydrogens (tertiary/aromatic N) is 1. The Hall–Kier alpha value is -0.570. The van der Waals surface area contributed by atoms with Gasteiger partial charge in [-0.15, -0.1) is 0 Å². The smallest absolute Gasteiger partial charge is 0.192 e. The molecular weight excluding hydrogens is 110 g/mol. The van der Waals surface area contributed by atoms with Crippen molar-refractivity contribution >= 4 is 27.9 Å². The minimum absolute atomic E-state index is 0.707. The predicted octanol–water partition coefficient (Wildman–Crippen LogP) is 0.688. The second-order valence-electron chi connectivity index (χ2n) is 1.10. The summed E-state index contributed by atoms with van der Waals surface area (Å²) < 4.78 is 4.83. The van der Waals surface area contributed by atoms with Gasteiger partial charge in [0.05, 0.1) is 5.49 Å². The van der Waals surface area contributed by atoms with Gasteiger partial charge in [-0.3, -0.25) is 0 Å². The molecule has 0 spiro atoms. The SMILES string of the molecule is CC1=NC=S=CO1. The van der Waals surface area contributed by atoms with Crippen LogP contribution in [0.15, 0.2) is 4.99 Å². The van der Waals surface area contributed by atoms with Crippen LogP contribution < -0.4 is 0 Å². The van der Waals surface area contributed by atoms with Crippen LogP contribution >= 0.6 is 10.9 Å². The van der Waals surface area contributed by atoms with Gasteiger partial charge in [-0.25, -0.2) is 4.99 Å². The Morgan fingerprint density at radius 2 is 2.71 bits per heavy atom. The third-order valence-electron chi connectivity index (χ3n) is 0.570. The van der Waals surface area contributed by atoms with Crippen molar-refractivity contribution in [3.63, 3.8) is 0 Å². The molecular formula is C4H5NOS. The Morgan fingerprint density at radius 3 is 3.00 bits per heavy atom. The predicted molar refractivity (Wildman–Crippen MR) is 33.9 cm³/mol.